The quantitative estimate of drug-likeness (QED) is 0.402. The highest BCUT2D eigenvalue weighted by Gasteiger charge is 2.14. The second kappa shape index (κ2) is 6.45. The fourth-order valence-corrected chi connectivity index (χ4v) is 2.93. The molecule has 0 aliphatic rings. The zero-order valence-electron chi connectivity index (χ0n) is 10.2. The van der Waals surface area contributed by atoms with Gasteiger partial charge in [-0.3, -0.25) is 10.1 Å². The molecule has 1 atom stereocenters. The van der Waals surface area contributed by atoms with Crippen LogP contribution in [0, 0.1) is 15.9 Å². The molecule has 0 aliphatic heterocycles. The van der Waals surface area contributed by atoms with Gasteiger partial charge < -0.3 is 0 Å². The Morgan fingerprint density at radius 2 is 1.85 bits per heavy atom. The molecule has 2 aromatic rings. The van der Waals surface area contributed by atoms with Crippen LogP contribution in [0.25, 0.3) is 0 Å². The van der Waals surface area contributed by atoms with Gasteiger partial charge in [-0.2, -0.15) is 0 Å². The molecule has 0 heterocycles. The van der Waals surface area contributed by atoms with E-state index < -0.39 is 4.92 Å². The van der Waals surface area contributed by atoms with Gasteiger partial charge >= 0.3 is 0 Å². The van der Waals surface area contributed by atoms with Gasteiger partial charge in [-0.25, -0.2) is 4.39 Å². The van der Waals surface area contributed by atoms with Gasteiger partial charge in [0.2, 0.25) is 0 Å². The summed E-state index contributed by atoms with van der Waals surface area (Å²) in [5, 5.41) is 10.6. The predicted octanol–water partition coefficient (Wildman–Crippen LogP) is 5.18. The van der Waals surface area contributed by atoms with Gasteiger partial charge in [0.05, 0.1) is 4.92 Å². The van der Waals surface area contributed by atoms with E-state index in [1.54, 1.807) is 24.3 Å². The maximum Gasteiger partial charge on any atom is 0.269 e. The molecule has 20 heavy (non-hydrogen) atoms. The van der Waals surface area contributed by atoms with Crippen LogP contribution in [0.4, 0.5) is 10.1 Å². The Bertz CT molecular complexity index is 632. The van der Waals surface area contributed by atoms with E-state index in [-0.39, 0.29) is 16.3 Å². The van der Waals surface area contributed by atoms with Crippen molar-refractivity contribution in [3.63, 3.8) is 0 Å². The van der Waals surface area contributed by atoms with Crippen LogP contribution in [0.15, 0.2) is 46.9 Å². The van der Waals surface area contributed by atoms with Crippen molar-refractivity contribution in [1.82, 2.24) is 0 Å². The molecule has 0 aliphatic carbocycles. The highest BCUT2D eigenvalue weighted by molar-refractivity contribution is 9.10. The molecule has 0 aromatic heterocycles. The minimum Gasteiger partial charge on any atom is -0.258 e. The van der Waals surface area contributed by atoms with Gasteiger partial charge in [0, 0.05) is 27.0 Å². The van der Waals surface area contributed by atoms with Crippen molar-refractivity contribution in [1.29, 1.82) is 0 Å². The van der Waals surface area contributed by atoms with Gasteiger partial charge in [0.25, 0.3) is 5.69 Å². The molecule has 0 bridgehead atoms. The largest absolute Gasteiger partial charge is 0.269 e. The van der Waals surface area contributed by atoms with E-state index in [9.17, 15) is 14.5 Å². The fourth-order valence-electron chi connectivity index (χ4n) is 1.83. The monoisotopic (exact) mass is 401 g/mol. The van der Waals surface area contributed by atoms with Crippen molar-refractivity contribution in [3.8, 4) is 0 Å². The molecular weight excluding hydrogens is 393 g/mol. The molecule has 0 spiro atoms. The Labute approximate surface area is 132 Å². The predicted molar refractivity (Wildman–Crippen MR) is 82.6 cm³/mol. The number of rotatable bonds is 4. The smallest absolute Gasteiger partial charge is 0.258 e. The lowest BCUT2D eigenvalue weighted by atomic mass is 10.0. The standard InChI is InChI=1S/C14H10Br2FNO2/c15-10-3-6-14(17)12(8-10)13(16)7-9-1-4-11(5-2-9)18(19)20/h1-6,8,13H,7H2. The summed E-state index contributed by atoms with van der Waals surface area (Å²) >= 11 is 6.77. The topological polar surface area (TPSA) is 43.1 Å². The Balaban J connectivity index is 2.16. The number of hydrogen-bond donors (Lipinski definition) is 0. The second-order valence-corrected chi connectivity index (χ2v) is 6.28. The molecular formula is C14H10Br2FNO2. The SMILES string of the molecule is O=[N+]([O-])c1ccc(CC(Br)c2cc(Br)ccc2F)cc1. The molecule has 6 heteroatoms. The van der Waals surface area contributed by atoms with Crippen LogP contribution >= 0.6 is 31.9 Å². The molecule has 0 saturated carbocycles. The number of hydrogen-bond acceptors (Lipinski definition) is 2. The van der Waals surface area contributed by atoms with E-state index in [4.69, 9.17) is 0 Å². The molecule has 3 nitrogen and oxygen atoms in total. The Hall–Kier alpha value is -1.27. The first-order valence-electron chi connectivity index (χ1n) is 5.79. The van der Waals surface area contributed by atoms with Crippen LogP contribution < -0.4 is 0 Å². The highest BCUT2D eigenvalue weighted by Crippen LogP contribution is 2.31. The van der Waals surface area contributed by atoms with Crippen LogP contribution in [-0.4, -0.2) is 4.92 Å². The Morgan fingerprint density at radius 3 is 2.45 bits per heavy atom. The van der Waals surface area contributed by atoms with Crippen molar-refractivity contribution in [3.05, 3.63) is 74.0 Å². The van der Waals surface area contributed by atoms with E-state index in [1.165, 1.54) is 18.2 Å². The van der Waals surface area contributed by atoms with Crippen molar-refractivity contribution >= 4 is 37.5 Å². The first kappa shape index (κ1) is 15.1. The zero-order chi connectivity index (χ0) is 14.7. The molecule has 2 aromatic carbocycles. The molecule has 2 rings (SSSR count). The summed E-state index contributed by atoms with van der Waals surface area (Å²) in [5.74, 6) is -0.281. The molecule has 0 fully saturated rings. The molecule has 104 valence electrons. The van der Waals surface area contributed by atoms with Crippen LogP contribution in [0.5, 0.6) is 0 Å². The van der Waals surface area contributed by atoms with E-state index >= 15 is 0 Å². The molecule has 1 unspecified atom stereocenters. The maximum absolute atomic E-state index is 13.8. The van der Waals surface area contributed by atoms with Crippen LogP contribution in [-0.2, 0) is 6.42 Å². The fraction of sp³-hybridized carbons (Fsp3) is 0.143. The van der Waals surface area contributed by atoms with Gasteiger partial charge in [-0.05, 0) is 30.2 Å². The van der Waals surface area contributed by atoms with Crippen molar-refractivity contribution < 1.29 is 9.31 Å². The van der Waals surface area contributed by atoms with Gasteiger partial charge in [0.1, 0.15) is 5.82 Å². The Kier molecular flexibility index (Phi) is 4.88. The lowest BCUT2D eigenvalue weighted by molar-refractivity contribution is -0.384. The molecule has 0 radical (unpaired) electrons. The van der Waals surface area contributed by atoms with E-state index in [0.717, 1.165) is 10.0 Å². The maximum atomic E-state index is 13.8. The van der Waals surface area contributed by atoms with Crippen LogP contribution in [0.3, 0.4) is 0 Å². The molecule has 0 N–H and O–H groups in total. The third-order valence-electron chi connectivity index (χ3n) is 2.86. The lowest BCUT2D eigenvalue weighted by Gasteiger charge is -2.12. The summed E-state index contributed by atoms with van der Waals surface area (Å²) in [4.78, 5) is 9.95. The van der Waals surface area contributed by atoms with Gasteiger partial charge in [0.15, 0.2) is 0 Å². The second-order valence-electron chi connectivity index (χ2n) is 4.26. The first-order valence-corrected chi connectivity index (χ1v) is 7.50. The van der Waals surface area contributed by atoms with Crippen LogP contribution in [0.2, 0.25) is 0 Å². The Morgan fingerprint density at radius 1 is 1.20 bits per heavy atom. The average Bonchev–Trinajstić information content (AvgIpc) is 2.42. The number of non-ortho nitro benzene ring substituents is 1. The number of halogens is 3. The average molecular weight is 403 g/mol. The lowest BCUT2D eigenvalue weighted by Crippen LogP contribution is -1.99. The summed E-state index contributed by atoms with van der Waals surface area (Å²) in [6.07, 6.45) is 0.547. The van der Waals surface area contributed by atoms with Gasteiger partial charge in [-0.15, -0.1) is 0 Å². The minimum atomic E-state index is -0.441. The summed E-state index contributed by atoms with van der Waals surface area (Å²) in [6.45, 7) is 0. The van der Waals surface area contributed by atoms with Crippen molar-refractivity contribution in [2.75, 3.05) is 0 Å². The highest BCUT2D eigenvalue weighted by atomic mass is 79.9. The van der Waals surface area contributed by atoms with E-state index in [2.05, 4.69) is 31.9 Å². The van der Waals surface area contributed by atoms with Crippen molar-refractivity contribution in [2.24, 2.45) is 0 Å². The normalized spacial score (nSPS) is 12.2. The number of nitro groups is 1. The van der Waals surface area contributed by atoms with E-state index in [0.29, 0.717) is 12.0 Å². The summed E-state index contributed by atoms with van der Waals surface area (Å²) in [6, 6.07) is 11.0. The van der Waals surface area contributed by atoms with E-state index in [1.807, 2.05) is 0 Å². The minimum absolute atomic E-state index is 0.0495. The first-order chi connectivity index (χ1) is 9.47. The zero-order valence-corrected chi connectivity index (χ0v) is 13.4. The van der Waals surface area contributed by atoms with Crippen LogP contribution in [0.1, 0.15) is 16.0 Å². The molecule has 0 saturated heterocycles. The number of benzene rings is 2. The number of nitro benzene ring substituents is 1. The molecule has 0 amide bonds. The summed E-state index contributed by atoms with van der Waals surface area (Å²) < 4.78 is 14.6. The summed E-state index contributed by atoms with van der Waals surface area (Å²) in [7, 11) is 0. The van der Waals surface area contributed by atoms with Gasteiger partial charge in [-0.1, -0.05) is 44.0 Å². The summed E-state index contributed by atoms with van der Waals surface area (Å²) in [5.41, 5.74) is 1.50. The number of alkyl halides is 1. The third-order valence-corrected chi connectivity index (χ3v) is 4.17. The number of nitrogens with zero attached hydrogens (tertiary/aromatic N) is 1. The van der Waals surface area contributed by atoms with Crippen molar-refractivity contribution in [2.45, 2.75) is 11.2 Å². The third kappa shape index (κ3) is 3.64.